The molecule has 0 aromatic carbocycles. The third-order valence-corrected chi connectivity index (χ3v) is 4.18. The smallest absolute Gasteiger partial charge is 0.136 e. The first-order valence-electron chi connectivity index (χ1n) is 4.89. The molecule has 0 amide bonds. The average molecular weight is 150 g/mol. The summed E-state index contributed by atoms with van der Waals surface area (Å²) in [7, 11) is 0. The van der Waals surface area contributed by atoms with Crippen LogP contribution in [-0.4, -0.2) is 5.78 Å². The molecule has 0 unspecified atom stereocenters. The average Bonchev–Trinajstić information content (AvgIpc) is 2.52. The molecule has 0 aliphatic heterocycles. The molecule has 11 heavy (non-hydrogen) atoms. The largest absolute Gasteiger partial charge is 0.299 e. The van der Waals surface area contributed by atoms with Gasteiger partial charge in [-0.2, -0.15) is 0 Å². The Morgan fingerprint density at radius 1 is 1.18 bits per heavy atom. The SMILES string of the molecule is O=C1C[C@H]2C[C@@H]1[C@@H]1CCC[C@@H]21. The van der Waals surface area contributed by atoms with Crippen LogP contribution in [0.25, 0.3) is 0 Å². The van der Waals surface area contributed by atoms with Gasteiger partial charge in [-0.3, -0.25) is 4.79 Å². The molecule has 0 aromatic rings. The van der Waals surface area contributed by atoms with Crippen LogP contribution in [0.4, 0.5) is 0 Å². The van der Waals surface area contributed by atoms with E-state index in [2.05, 4.69) is 0 Å². The van der Waals surface area contributed by atoms with Crippen molar-refractivity contribution >= 4 is 5.78 Å². The van der Waals surface area contributed by atoms with Crippen LogP contribution >= 0.6 is 0 Å². The third-order valence-electron chi connectivity index (χ3n) is 4.18. The molecule has 3 rings (SSSR count). The van der Waals surface area contributed by atoms with E-state index >= 15 is 0 Å². The van der Waals surface area contributed by atoms with Crippen molar-refractivity contribution in [3.8, 4) is 0 Å². The molecule has 3 aliphatic rings. The number of carbonyl (C=O) groups is 1. The van der Waals surface area contributed by atoms with Gasteiger partial charge in [0, 0.05) is 12.3 Å². The minimum absolute atomic E-state index is 0.521. The van der Waals surface area contributed by atoms with Crippen LogP contribution in [0.1, 0.15) is 32.1 Å². The van der Waals surface area contributed by atoms with Crippen LogP contribution in [0.15, 0.2) is 0 Å². The number of ketones is 1. The molecule has 4 atom stereocenters. The second kappa shape index (κ2) is 1.88. The summed E-state index contributed by atoms with van der Waals surface area (Å²) in [6.45, 7) is 0. The first-order valence-corrected chi connectivity index (χ1v) is 4.89. The molecule has 0 heterocycles. The molecule has 1 nitrogen and oxygen atoms in total. The van der Waals surface area contributed by atoms with Crippen molar-refractivity contribution in [1.29, 1.82) is 0 Å². The van der Waals surface area contributed by atoms with Crippen LogP contribution < -0.4 is 0 Å². The highest BCUT2D eigenvalue weighted by molar-refractivity contribution is 5.85. The van der Waals surface area contributed by atoms with Crippen molar-refractivity contribution < 1.29 is 4.79 Å². The molecular weight excluding hydrogens is 136 g/mol. The maximum absolute atomic E-state index is 11.4. The molecule has 0 spiro atoms. The predicted molar refractivity (Wildman–Crippen MR) is 42.1 cm³/mol. The van der Waals surface area contributed by atoms with Gasteiger partial charge >= 0.3 is 0 Å². The number of carbonyl (C=O) groups excluding carboxylic acids is 1. The minimum Gasteiger partial charge on any atom is -0.299 e. The fourth-order valence-corrected chi connectivity index (χ4v) is 3.79. The Labute approximate surface area is 67.2 Å². The summed E-state index contributed by atoms with van der Waals surface area (Å²) in [4.78, 5) is 11.4. The first-order chi connectivity index (χ1) is 5.36. The topological polar surface area (TPSA) is 17.1 Å². The summed E-state index contributed by atoms with van der Waals surface area (Å²) in [6, 6.07) is 0. The van der Waals surface area contributed by atoms with Crippen molar-refractivity contribution in [2.24, 2.45) is 23.7 Å². The summed E-state index contributed by atoms with van der Waals surface area (Å²) in [6.07, 6.45) is 6.38. The van der Waals surface area contributed by atoms with E-state index in [-0.39, 0.29) is 0 Å². The maximum Gasteiger partial charge on any atom is 0.136 e. The second-order valence-corrected chi connectivity index (χ2v) is 4.53. The molecule has 0 radical (unpaired) electrons. The maximum atomic E-state index is 11.4. The van der Waals surface area contributed by atoms with E-state index in [0.29, 0.717) is 11.7 Å². The van der Waals surface area contributed by atoms with Gasteiger partial charge in [0.2, 0.25) is 0 Å². The van der Waals surface area contributed by atoms with Gasteiger partial charge in [-0.1, -0.05) is 6.42 Å². The molecule has 3 saturated carbocycles. The van der Waals surface area contributed by atoms with E-state index in [0.717, 1.165) is 24.2 Å². The van der Waals surface area contributed by atoms with Gasteiger partial charge in [0.05, 0.1) is 0 Å². The Hall–Kier alpha value is -0.330. The molecule has 0 saturated heterocycles. The lowest BCUT2D eigenvalue weighted by molar-refractivity contribution is -0.123. The van der Waals surface area contributed by atoms with Crippen molar-refractivity contribution in [2.45, 2.75) is 32.1 Å². The molecule has 60 valence electrons. The highest BCUT2D eigenvalue weighted by Gasteiger charge is 2.53. The van der Waals surface area contributed by atoms with Gasteiger partial charge in [-0.15, -0.1) is 0 Å². The molecule has 0 aromatic heterocycles. The highest BCUT2D eigenvalue weighted by Crippen LogP contribution is 2.57. The van der Waals surface area contributed by atoms with Crippen LogP contribution in [0.5, 0.6) is 0 Å². The fourth-order valence-electron chi connectivity index (χ4n) is 3.79. The number of hydrogen-bond acceptors (Lipinski definition) is 1. The summed E-state index contributed by atoms with van der Waals surface area (Å²) in [5, 5.41) is 0. The quantitative estimate of drug-likeness (QED) is 0.516. The first kappa shape index (κ1) is 6.22. The lowest BCUT2D eigenvalue weighted by Crippen LogP contribution is -2.23. The fraction of sp³-hybridized carbons (Fsp3) is 0.900. The Morgan fingerprint density at radius 3 is 2.91 bits per heavy atom. The number of hydrogen-bond donors (Lipinski definition) is 0. The van der Waals surface area contributed by atoms with Gasteiger partial charge in [-0.25, -0.2) is 0 Å². The predicted octanol–water partition coefficient (Wildman–Crippen LogP) is 2.01. The lowest BCUT2D eigenvalue weighted by Gasteiger charge is -2.22. The van der Waals surface area contributed by atoms with Crippen LogP contribution in [-0.2, 0) is 4.79 Å². The van der Waals surface area contributed by atoms with Gasteiger partial charge in [0.15, 0.2) is 0 Å². The van der Waals surface area contributed by atoms with E-state index < -0.39 is 0 Å². The molecule has 3 aliphatic carbocycles. The van der Waals surface area contributed by atoms with E-state index in [1.807, 2.05) is 0 Å². The standard InChI is InChI=1S/C10H14O/c11-10-5-6-4-9(10)8-3-1-2-7(6)8/h6-9H,1-5H2/t6-,7+,8-,9-/m1/s1. The molecule has 1 heteroatoms. The summed E-state index contributed by atoms with van der Waals surface area (Å²) in [5.74, 6) is 3.74. The Kier molecular flexibility index (Phi) is 1.06. The van der Waals surface area contributed by atoms with Crippen LogP contribution in [0.2, 0.25) is 0 Å². The van der Waals surface area contributed by atoms with Gasteiger partial charge < -0.3 is 0 Å². The van der Waals surface area contributed by atoms with Crippen molar-refractivity contribution in [1.82, 2.24) is 0 Å². The minimum atomic E-state index is 0.521. The zero-order valence-corrected chi connectivity index (χ0v) is 6.75. The van der Waals surface area contributed by atoms with Gasteiger partial charge in [0.25, 0.3) is 0 Å². The number of rotatable bonds is 0. The summed E-state index contributed by atoms with van der Waals surface area (Å²) >= 11 is 0. The van der Waals surface area contributed by atoms with Crippen molar-refractivity contribution in [2.75, 3.05) is 0 Å². The van der Waals surface area contributed by atoms with E-state index in [1.165, 1.54) is 25.7 Å². The Bertz CT molecular complexity index is 209. The summed E-state index contributed by atoms with van der Waals surface area (Å²) in [5.41, 5.74) is 0. The Balaban J connectivity index is 1.95. The third kappa shape index (κ3) is 0.646. The summed E-state index contributed by atoms with van der Waals surface area (Å²) < 4.78 is 0. The van der Waals surface area contributed by atoms with Crippen LogP contribution in [0.3, 0.4) is 0 Å². The number of Topliss-reactive ketones (excluding diaryl/α,β-unsaturated/α-hetero) is 1. The normalized spacial score (nSPS) is 53.6. The number of fused-ring (bicyclic) bond motifs is 5. The van der Waals surface area contributed by atoms with E-state index in [1.54, 1.807) is 0 Å². The van der Waals surface area contributed by atoms with E-state index in [4.69, 9.17) is 0 Å². The second-order valence-electron chi connectivity index (χ2n) is 4.53. The highest BCUT2D eigenvalue weighted by atomic mass is 16.1. The molecule has 2 bridgehead atoms. The monoisotopic (exact) mass is 150 g/mol. The lowest BCUT2D eigenvalue weighted by atomic mass is 9.81. The molecule has 0 N–H and O–H groups in total. The Morgan fingerprint density at radius 2 is 2.00 bits per heavy atom. The zero-order valence-electron chi connectivity index (χ0n) is 6.75. The van der Waals surface area contributed by atoms with Crippen molar-refractivity contribution in [3.05, 3.63) is 0 Å². The van der Waals surface area contributed by atoms with Gasteiger partial charge in [0.1, 0.15) is 5.78 Å². The molecular formula is C10H14O. The van der Waals surface area contributed by atoms with Crippen LogP contribution in [0, 0.1) is 23.7 Å². The van der Waals surface area contributed by atoms with E-state index in [9.17, 15) is 4.79 Å². The van der Waals surface area contributed by atoms with Gasteiger partial charge in [-0.05, 0) is 37.0 Å². The zero-order chi connectivity index (χ0) is 7.42. The molecule has 3 fully saturated rings. The van der Waals surface area contributed by atoms with Crippen molar-refractivity contribution in [3.63, 3.8) is 0 Å².